The average molecular weight is 518 g/mol. The van der Waals surface area contributed by atoms with Crippen LogP contribution in [0.3, 0.4) is 0 Å². The Labute approximate surface area is 225 Å². The number of aromatic amines is 1. The van der Waals surface area contributed by atoms with Gasteiger partial charge in [-0.2, -0.15) is 0 Å². The summed E-state index contributed by atoms with van der Waals surface area (Å²) in [4.78, 5) is 40.4. The third kappa shape index (κ3) is 4.96. The molecule has 0 saturated carbocycles. The Balaban J connectivity index is 1.23. The monoisotopic (exact) mass is 517 g/mol. The smallest absolute Gasteiger partial charge is 0.259 e. The number of aromatic nitrogens is 3. The molecule has 39 heavy (non-hydrogen) atoms. The Bertz CT molecular complexity index is 1720. The molecule has 5 aromatic rings. The number of anilines is 1. The van der Waals surface area contributed by atoms with Crippen LogP contribution < -0.4 is 15.6 Å². The SMILES string of the molecule is CNc1nc(-c2cc3ccccc3[nH]c2=O)nc2c1CCN(C(=O)c1ccc(COc3ccccc3)cc1)C2. The molecule has 2 N–H and O–H groups in total. The van der Waals surface area contributed by atoms with Crippen molar-refractivity contribution in [2.24, 2.45) is 0 Å². The summed E-state index contributed by atoms with van der Waals surface area (Å²) >= 11 is 0. The summed E-state index contributed by atoms with van der Waals surface area (Å²) in [5.41, 5.74) is 4.19. The summed E-state index contributed by atoms with van der Waals surface area (Å²) in [6, 6.07) is 26.5. The second kappa shape index (κ2) is 10.4. The van der Waals surface area contributed by atoms with Crippen molar-refractivity contribution in [3.63, 3.8) is 0 Å². The topological polar surface area (TPSA) is 100 Å². The Kier molecular flexibility index (Phi) is 6.50. The van der Waals surface area contributed by atoms with Crippen LogP contribution in [-0.4, -0.2) is 39.4 Å². The zero-order valence-corrected chi connectivity index (χ0v) is 21.5. The Morgan fingerprint density at radius 2 is 1.77 bits per heavy atom. The highest BCUT2D eigenvalue weighted by Crippen LogP contribution is 2.28. The number of benzene rings is 3. The number of para-hydroxylation sites is 2. The van der Waals surface area contributed by atoms with Crippen LogP contribution in [-0.2, 0) is 19.6 Å². The molecule has 1 amide bonds. The quantitative estimate of drug-likeness (QED) is 0.336. The molecule has 0 radical (unpaired) electrons. The number of amides is 1. The molecule has 0 fully saturated rings. The van der Waals surface area contributed by atoms with Crippen molar-refractivity contribution >= 4 is 22.6 Å². The number of carbonyl (C=O) groups is 1. The van der Waals surface area contributed by atoms with Crippen molar-refractivity contribution in [1.29, 1.82) is 0 Å². The van der Waals surface area contributed by atoms with E-state index in [1.807, 2.05) is 84.9 Å². The van der Waals surface area contributed by atoms with Crippen molar-refractivity contribution in [2.75, 3.05) is 18.9 Å². The minimum absolute atomic E-state index is 0.0640. The van der Waals surface area contributed by atoms with Crippen LogP contribution in [0.15, 0.2) is 89.7 Å². The summed E-state index contributed by atoms with van der Waals surface area (Å²) in [5.74, 6) is 1.75. The number of hydrogen-bond acceptors (Lipinski definition) is 6. The van der Waals surface area contributed by atoms with Gasteiger partial charge in [0.15, 0.2) is 5.82 Å². The van der Waals surface area contributed by atoms with E-state index in [2.05, 4.69) is 15.3 Å². The Morgan fingerprint density at radius 3 is 2.56 bits per heavy atom. The average Bonchev–Trinajstić information content (AvgIpc) is 2.99. The summed E-state index contributed by atoms with van der Waals surface area (Å²) in [6.45, 7) is 1.32. The lowest BCUT2D eigenvalue weighted by atomic mass is 10.0. The van der Waals surface area contributed by atoms with E-state index in [0.29, 0.717) is 48.9 Å². The normalized spacial score (nSPS) is 12.7. The molecule has 6 rings (SSSR count). The number of carbonyl (C=O) groups excluding carboxylic acids is 1. The summed E-state index contributed by atoms with van der Waals surface area (Å²) in [6.07, 6.45) is 0.620. The predicted molar refractivity (Wildman–Crippen MR) is 151 cm³/mol. The van der Waals surface area contributed by atoms with E-state index in [1.54, 1.807) is 11.9 Å². The van der Waals surface area contributed by atoms with E-state index in [4.69, 9.17) is 9.72 Å². The zero-order valence-electron chi connectivity index (χ0n) is 21.5. The van der Waals surface area contributed by atoms with Gasteiger partial charge < -0.3 is 19.9 Å². The van der Waals surface area contributed by atoms with Gasteiger partial charge in [0.25, 0.3) is 11.5 Å². The van der Waals surface area contributed by atoms with Crippen LogP contribution in [0.2, 0.25) is 0 Å². The van der Waals surface area contributed by atoms with Crippen LogP contribution >= 0.6 is 0 Å². The van der Waals surface area contributed by atoms with Gasteiger partial charge in [-0.1, -0.05) is 48.5 Å². The van der Waals surface area contributed by atoms with E-state index >= 15 is 0 Å². The molecule has 0 spiro atoms. The highest BCUT2D eigenvalue weighted by molar-refractivity contribution is 5.94. The first kappa shape index (κ1) is 24.4. The van der Waals surface area contributed by atoms with Crippen LogP contribution in [0.1, 0.15) is 27.2 Å². The number of hydrogen-bond donors (Lipinski definition) is 2. The first-order valence-electron chi connectivity index (χ1n) is 12.8. The van der Waals surface area contributed by atoms with Crippen LogP contribution in [0.5, 0.6) is 5.75 Å². The maximum absolute atomic E-state index is 13.4. The standard InChI is InChI=1S/C31H27N5O3/c1-32-28-24-15-16-36(31(38)21-13-11-20(12-14-21)19-39-23-8-3-2-4-9-23)18-27(24)33-29(35-28)25-17-22-7-5-6-10-26(22)34-30(25)37/h2-14,17H,15-16,18-19H2,1H3,(H,34,37)(H,32,33,35). The summed E-state index contributed by atoms with van der Waals surface area (Å²) < 4.78 is 5.81. The zero-order chi connectivity index (χ0) is 26.8. The van der Waals surface area contributed by atoms with Gasteiger partial charge in [-0.3, -0.25) is 9.59 Å². The Hall–Kier alpha value is -4.98. The second-order valence-electron chi connectivity index (χ2n) is 9.45. The van der Waals surface area contributed by atoms with E-state index in [0.717, 1.165) is 33.5 Å². The summed E-state index contributed by atoms with van der Waals surface area (Å²) in [7, 11) is 1.80. The lowest BCUT2D eigenvalue weighted by Gasteiger charge is -2.29. The number of pyridine rings is 1. The third-order valence-corrected chi connectivity index (χ3v) is 6.93. The fourth-order valence-corrected chi connectivity index (χ4v) is 4.85. The largest absolute Gasteiger partial charge is 0.489 e. The van der Waals surface area contributed by atoms with Gasteiger partial charge >= 0.3 is 0 Å². The van der Waals surface area contributed by atoms with Gasteiger partial charge in [0, 0.05) is 30.2 Å². The number of rotatable bonds is 6. The van der Waals surface area contributed by atoms with Gasteiger partial charge in [-0.25, -0.2) is 9.97 Å². The lowest BCUT2D eigenvalue weighted by Crippen LogP contribution is -2.37. The molecular formula is C31H27N5O3. The molecule has 0 unspecified atom stereocenters. The molecule has 194 valence electrons. The number of nitrogens with one attached hydrogen (secondary N) is 2. The molecule has 1 aliphatic rings. The lowest BCUT2D eigenvalue weighted by molar-refractivity contribution is 0.0732. The van der Waals surface area contributed by atoms with Gasteiger partial charge in [0.1, 0.15) is 18.2 Å². The fraction of sp³-hybridized carbons (Fsp3) is 0.161. The Morgan fingerprint density at radius 1 is 1.00 bits per heavy atom. The fourth-order valence-electron chi connectivity index (χ4n) is 4.85. The minimum Gasteiger partial charge on any atom is -0.489 e. The first-order valence-corrected chi connectivity index (χ1v) is 12.8. The number of H-pyrrole nitrogens is 1. The minimum atomic E-state index is -0.254. The van der Waals surface area contributed by atoms with Gasteiger partial charge in [-0.05, 0) is 53.8 Å². The van der Waals surface area contributed by atoms with Crippen molar-refractivity contribution in [3.05, 3.63) is 118 Å². The van der Waals surface area contributed by atoms with Crippen molar-refractivity contribution in [3.8, 4) is 17.1 Å². The molecule has 3 aromatic carbocycles. The van der Waals surface area contributed by atoms with Gasteiger partial charge in [-0.15, -0.1) is 0 Å². The maximum atomic E-state index is 13.4. The van der Waals surface area contributed by atoms with Crippen molar-refractivity contribution < 1.29 is 9.53 Å². The molecule has 8 heteroatoms. The number of fused-ring (bicyclic) bond motifs is 2. The second-order valence-corrected chi connectivity index (χ2v) is 9.45. The van der Waals surface area contributed by atoms with Gasteiger partial charge in [0.05, 0.1) is 17.8 Å². The number of nitrogens with zero attached hydrogens (tertiary/aromatic N) is 3. The molecule has 3 heterocycles. The van der Waals surface area contributed by atoms with Crippen molar-refractivity contribution in [1.82, 2.24) is 19.9 Å². The van der Waals surface area contributed by atoms with Crippen molar-refractivity contribution in [2.45, 2.75) is 19.6 Å². The van der Waals surface area contributed by atoms with Crippen LogP contribution in [0, 0.1) is 0 Å². The summed E-state index contributed by atoms with van der Waals surface area (Å²) in [5, 5.41) is 4.05. The van der Waals surface area contributed by atoms with Crippen LogP contribution in [0.4, 0.5) is 5.82 Å². The molecule has 1 aliphatic heterocycles. The van der Waals surface area contributed by atoms with Gasteiger partial charge in [0.2, 0.25) is 0 Å². The molecule has 0 aliphatic carbocycles. The highest BCUT2D eigenvalue weighted by atomic mass is 16.5. The molecule has 2 aromatic heterocycles. The van der Waals surface area contributed by atoms with E-state index in [9.17, 15) is 9.59 Å². The van der Waals surface area contributed by atoms with E-state index in [-0.39, 0.29) is 11.5 Å². The molecular weight excluding hydrogens is 490 g/mol. The third-order valence-electron chi connectivity index (χ3n) is 6.93. The maximum Gasteiger partial charge on any atom is 0.259 e. The molecule has 8 nitrogen and oxygen atoms in total. The van der Waals surface area contributed by atoms with Crippen LogP contribution in [0.25, 0.3) is 22.3 Å². The molecule has 0 atom stereocenters. The predicted octanol–water partition coefficient (Wildman–Crippen LogP) is 4.80. The molecule has 0 bridgehead atoms. The highest BCUT2D eigenvalue weighted by Gasteiger charge is 2.26. The van der Waals surface area contributed by atoms with E-state index < -0.39 is 0 Å². The number of ether oxygens (including phenoxy) is 1. The molecule has 0 saturated heterocycles. The van der Waals surface area contributed by atoms with E-state index in [1.165, 1.54) is 0 Å². The first-order chi connectivity index (χ1) is 19.1.